The van der Waals surface area contributed by atoms with Crippen molar-refractivity contribution in [1.82, 2.24) is 0 Å². The number of carbonyl (C=O) groups is 4. The minimum atomic E-state index is -1.08. The van der Waals surface area contributed by atoms with Crippen LogP contribution in [-0.4, -0.2) is 30.9 Å². The van der Waals surface area contributed by atoms with Crippen LogP contribution in [0.1, 0.15) is 10.4 Å². The Hall–Kier alpha value is -3.19. The van der Waals surface area contributed by atoms with E-state index in [1.54, 1.807) is 18.2 Å². The minimum absolute atomic E-state index is 0.0134. The molecule has 0 radical (unpaired) electrons. The van der Waals surface area contributed by atoms with Gasteiger partial charge in [0, 0.05) is 0 Å². The Morgan fingerprint density at radius 3 is 2.00 bits per heavy atom. The number of anilines is 2. The van der Waals surface area contributed by atoms with Crippen molar-refractivity contribution in [2.45, 2.75) is 0 Å². The summed E-state index contributed by atoms with van der Waals surface area (Å²) in [6.07, 6.45) is 0. The van der Waals surface area contributed by atoms with Crippen molar-refractivity contribution in [3.05, 3.63) is 59.1 Å². The molecule has 0 aliphatic carbocycles. The SMILES string of the molecule is COC(=O)c1ccccc1N1C(=O)C(=O)N(c2ccccc2Cl)C1=O. The summed E-state index contributed by atoms with van der Waals surface area (Å²) in [5.74, 6) is -2.88. The number of methoxy groups -OCH3 is 1. The number of carbonyl (C=O) groups excluding carboxylic acids is 4. The van der Waals surface area contributed by atoms with E-state index in [2.05, 4.69) is 4.74 Å². The van der Waals surface area contributed by atoms with E-state index in [0.29, 0.717) is 9.80 Å². The van der Waals surface area contributed by atoms with E-state index in [4.69, 9.17) is 11.6 Å². The van der Waals surface area contributed by atoms with Crippen molar-refractivity contribution in [2.24, 2.45) is 0 Å². The highest BCUT2D eigenvalue weighted by atomic mass is 35.5. The van der Waals surface area contributed by atoms with Crippen LogP contribution in [0.4, 0.5) is 16.2 Å². The predicted molar refractivity (Wildman–Crippen MR) is 89.6 cm³/mol. The van der Waals surface area contributed by atoms with E-state index in [0.717, 1.165) is 0 Å². The molecule has 4 amide bonds. The molecule has 1 fully saturated rings. The number of urea groups is 1. The standard InChI is InChI=1S/C17H11ClN2O5/c1-25-16(23)10-6-2-4-8-12(10)19-14(21)15(22)20(17(19)24)13-9-5-3-7-11(13)18/h2-9H,1H3. The summed E-state index contributed by atoms with van der Waals surface area (Å²) in [4.78, 5) is 50.7. The van der Waals surface area contributed by atoms with Crippen LogP contribution in [0, 0.1) is 0 Å². The molecule has 7 nitrogen and oxygen atoms in total. The van der Waals surface area contributed by atoms with Crippen molar-refractivity contribution in [2.75, 3.05) is 16.9 Å². The predicted octanol–water partition coefficient (Wildman–Crippen LogP) is 2.63. The van der Waals surface area contributed by atoms with Gasteiger partial charge in [0.1, 0.15) is 0 Å². The van der Waals surface area contributed by atoms with Crippen LogP contribution in [-0.2, 0) is 14.3 Å². The second kappa shape index (κ2) is 6.37. The zero-order valence-electron chi connectivity index (χ0n) is 12.9. The summed E-state index contributed by atoms with van der Waals surface area (Å²) < 4.78 is 4.66. The lowest BCUT2D eigenvalue weighted by atomic mass is 10.1. The number of esters is 1. The lowest BCUT2D eigenvalue weighted by molar-refractivity contribution is -0.133. The summed E-state index contributed by atoms with van der Waals surface area (Å²) in [6, 6.07) is 11.1. The Morgan fingerprint density at radius 2 is 1.40 bits per heavy atom. The number of hydrogen-bond donors (Lipinski definition) is 0. The van der Waals surface area contributed by atoms with Gasteiger partial charge < -0.3 is 4.74 Å². The summed E-state index contributed by atoms with van der Waals surface area (Å²) >= 11 is 6.03. The average Bonchev–Trinajstić information content (AvgIpc) is 2.84. The number of amides is 4. The van der Waals surface area contributed by atoms with Crippen LogP contribution < -0.4 is 9.80 Å². The molecule has 1 aliphatic rings. The van der Waals surface area contributed by atoms with Crippen LogP contribution in [0.15, 0.2) is 48.5 Å². The molecule has 0 aromatic heterocycles. The number of rotatable bonds is 3. The van der Waals surface area contributed by atoms with Crippen LogP contribution in [0.25, 0.3) is 0 Å². The molecule has 1 heterocycles. The molecule has 25 heavy (non-hydrogen) atoms. The molecule has 0 bridgehead atoms. The Labute approximate surface area is 147 Å². The smallest absolute Gasteiger partial charge is 0.343 e. The molecule has 2 aromatic rings. The fourth-order valence-electron chi connectivity index (χ4n) is 2.47. The molecule has 2 aromatic carbocycles. The fraction of sp³-hybridized carbons (Fsp3) is 0.0588. The van der Waals surface area contributed by atoms with Gasteiger partial charge in [0.05, 0.1) is 29.1 Å². The largest absolute Gasteiger partial charge is 0.465 e. The van der Waals surface area contributed by atoms with E-state index in [1.165, 1.54) is 37.4 Å². The molecule has 3 rings (SSSR count). The maximum absolute atomic E-state index is 12.7. The maximum atomic E-state index is 12.7. The molecular formula is C17H11ClN2O5. The summed E-state index contributed by atoms with van der Waals surface area (Å²) in [5.41, 5.74) is 0.0401. The van der Waals surface area contributed by atoms with Gasteiger partial charge in [-0.1, -0.05) is 35.9 Å². The third-order valence-corrected chi connectivity index (χ3v) is 3.93. The lowest BCUT2D eigenvalue weighted by Gasteiger charge is -2.18. The zero-order chi connectivity index (χ0) is 18.1. The van der Waals surface area contributed by atoms with Crippen molar-refractivity contribution >= 4 is 46.8 Å². The highest BCUT2D eigenvalue weighted by Crippen LogP contribution is 2.33. The topological polar surface area (TPSA) is 84.0 Å². The number of para-hydroxylation sites is 2. The van der Waals surface area contributed by atoms with Crippen molar-refractivity contribution in [3.8, 4) is 0 Å². The molecule has 0 saturated carbocycles. The normalized spacial score (nSPS) is 14.2. The molecule has 8 heteroatoms. The van der Waals surface area contributed by atoms with Crippen LogP contribution in [0.3, 0.4) is 0 Å². The van der Waals surface area contributed by atoms with Gasteiger partial charge in [-0.3, -0.25) is 9.59 Å². The molecule has 126 valence electrons. The van der Waals surface area contributed by atoms with Crippen molar-refractivity contribution in [1.29, 1.82) is 0 Å². The summed E-state index contributed by atoms with van der Waals surface area (Å²) in [5, 5.41) is 0.139. The third-order valence-electron chi connectivity index (χ3n) is 3.62. The van der Waals surface area contributed by atoms with E-state index in [1.807, 2.05) is 0 Å². The summed E-state index contributed by atoms with van der Waals surface area (Å²) in [7, 11) is 1.17. The molecular weight excluding hydrogens is 348 g/mol. The lowest BCUT2D eigenvalue weighted by Crippen LogP contribution is -2.34. The van der Waals surface area contributed by atoms with Gasteiger partial charge in [-0.05, 0) is 24.3 Å². The first-order chi connectivity index (χ1) is 12.0. The van der Waals surface area contributed by atoms with Gasteiger partial charge >= 0.3 is 23.8 Å². The molecule has 0 N–H and O–H groups in total. The van der Waals surface area contributed by atoms with E-state index in [-0.39, 0.29) is 22.0 Å². The second-order valence-electron chi connectivity index (χ2n) is 5.02. The molecule has 0 spiro atoms. The average molecular weight is 359 g/mol. The highest BCUT2D eigenvalue weighted by Gasteiger charge is 2.47. The minimum Gasteiger partial charge on any atom is -0.465 e. The van der Waals surface area contributed by atoms with Crippen LogP contribution in [0.2, 0.25) is 5.02 Å². The van der Waals surface area contributed by atoms with Crippen LogP contribution >= 0.6 is 11.6 Å². The van der Waals surface area contributed by atoms with Gasteiger partial charge in [0.25, 0.3) is 0 Å². The van der Waals surface area contributed by atoms with Gasteiger partial charge in [-0.25, -0.2) is 19.4 Å². The second-order valence-corrected chi connectivity index (χ2v) is 5.43. The molecule has 1 aliphatic heterocycles. The van der Waals surface area contributed by atoms with Crippen molar-refractivity contribution < 1.29 is 23.9 Å². The zero-order valence-corrected chi connectivity index (χ0v) is 13.7. The number of nitrogens with zero attached hydrogens (tertiary/aromatic N) is 2. The first-order valence-electron chi connectivity index (χ1n) is 7.11. The van der Waals surface area contributed by atoms with Gasteiger partial charge in [-0.15, -0.1) is 0 Å². The third kappa shape index (κ3) is 2.64. The number of halogens is 1. The van der Waals surface area contributed by atoms with Gasteiger partial charge in [-0.2, -0.15) is 0 Å². The van der Waals surface area contributed by atoms with E-state index < -0.39 is 23.8 Å². The highest BCUT2D eigenvalue weighted by molar-refractivity contribution is 6.61. The van der Waals surface area contributed by atoms with Gasteiger partial charge in [0.2, 0.25) is 0 Å². The van der Waals surface area contributed by atoms with Crippen molar-refractivity contribution in [3.63, 3.8) is 0 Å². The quantitative estimate of drug-likeness (QED) is 0.478. The van der Waals surface area contributed by atoms with Crippen LogP contribution in [0.5, 0.6) is 0 Å². The Kier molecular flexibility index (Phi) is 4.24. The molecule has 0 unspecified atom stereocenters. The van der Waals surface area contributed by atoms with E-state index >= 15 is 0 Å². The monoisotopic (exact) mass is 358 g/mol. The Morgan fingerprint density at radius 1 is 0.880 bits per heavy atom. The first kappa shape index (κ1) is 16.7. The first-order valence-corrected chi connectivity index (χ1v) is 7.49. The molecule has 1 saturated heterocycles. The van der Waals surface area contributed by atoms with Gasteiger partial charge in [0.15, 0.2) is 0 Å². The number of benzene rings is 2. The maximum Gasteiger partial charge on any atom is 0.343 e. The van der Waals surface area contributed by atoms with E-state index in [9.17, 15) is 19.2 Å². The molecule has 0 atom stereocenters. The number of ether oxygens (including phenoxy) is 1. The Balaban J connectivity index is 2.10. The summed E-state index contributed by atoms with van der Waals surface area (Å²) in [6.45, 7) is 0. The number of hydrogen-bond acceptors (Lipinski definition) is 5. The Bertz CT molecular complexity index is 911. The number of imide groups is 2. The fourth-order valence-corrected chi connectivity index (χ4v) is 2.69.